The highest BCUT2D eigenvalue weighted by Crippen LogP contribution is 2.20. The molecule has 4 nitrogen and oxygen atoms in total. The Morgan fingerprint density at radius 2 is 2.05 bits per heavy atom. The van der Waals surface area contributed by atoms with Gasteiger partial charge in [0.05, 0.1) is 5.69 Å². The van der Waals surface area contributed by atoms with Gasteiger partial charge in [0.15, 0.2) is 0 Å². The van der Waals surface area contributed by atoms with Crippen LogP contribution in [0, 0.1) is 0 Å². The number of carbonyl (C=O) groups excluding carboxylic acids is 1. The van der Waals surface area contributed by atoms with Crippen LogP contribution in [0.15, 0.2) is 56.3 Å². The van der Waals surface area contributed by atoms with Gasteiger partial charge in [-0.15, -0.1) is 0 Å². The Morgan fingerprint density at radius 1 is 1.25 bits per heavy atom. The first-order chi connectivity index (χ1) is 9.56. The average Bonchev–Trinajstić information content (AvgIpc) is 2.84. The molecule has 100 valence electrons. The van der Waals surface area contributed by atoms with Crippen LogP contribution in [-0.2, 0) is 7.05 Å². The quantitative estimate of drug-likeness (QED) is 0.535. The molecule has 0 N–H and O–H groups in total. The van der Waals surface area contributed by atoms with E-state index >= 15 is 0 Å². The molecule has 0 saturated carbocycles. The molecule has 5 heteroatoms. The van der Waals surface area contributed by atoms with Crippen molar-refractivity contribution in [1.82, 2.24) is 4.57 Å². The Balaban J connectivity index is 2.21. The zero-order valence-corrected chi connectivity index (χ0v) is 12.2. The lowest BCUT2D eigenvalue weighted by atomic mass is 10.1. The van der Waals surface area contributed by atoms with E-state index in [1.54, 1.807) is 54.2 Å². The molecule has 1 aromatic carbocycles. The molecule has 0 aliphatic rings. The molecule has 0 aliphatic carbocycles. The van der Waals surface area contributed by atoms with Gasteiger partial charge in [0.1, 0.15) is 11.1 Å². The minimum atomic E-state index is -0.619. The Kier molecular flexibility index (Phi) is 3.06. The lowest BCUT2D eigenvalue weighted by Gasteiger charge is -2.03. The summed E-state index contributed by atoms with van der Waals surface area (Å²) < 4.78 is 7.73. The summed E-state index contributed by atoms with van der Waals surface area (Å²) in [5.74, 6) is -0.340. The smallest absolute Gasteiger partial charge is 0.347 e. The number of nitrogens with zero attached hydrogens (tertiary/aromatic N) is 1. The Bertz CT molecular complexity index is 876. The van der Waals surface area contributed by atoms with Crippen molar-refractivity contribution < 1.29 is 9.21 Å². The number of carbonyl (C=O) groups is 1. The molecule has 0 spiro atoms. The highest BCUT2D eigenvalue weighted by atomic mass is 79.9. The van der Waals surface area contributed by atoms with Crippen molar-refractivity contribution in [3.8, 4) is 0 Å². The molecule has 0 atom stereocenters. The summed E-state index contributed by atoms with van der Waals surface area (Å²) in [6.07, 6.45) is 1.76. The van der Waals surface area contributed by atoms with Crippen LogP contribution < -0.4 is 5.63 Å². The first kappa shape index (κ1) is 12.9. The van der Waals surface area contributed by atoms with E-state index in [1.165, 1.54) is 0 Å². The van der Waals surface area contributed by atoms with Gasteiger partial charge in [0, 0.05) is 23.1 Å². The second-order valence-electron chi connectivity index (χ2n) is 4.46. The van der Waals surface area contributed by atoms with Gasteiger partial charge >= 0.3 is 5.63 Å². The zero-order chi connectivity index (χ0) is 14.3. The fourth-order valence-corrected chi connectivity index (χ4v) is 2.47. The number of fused-ring (bicyclic) bond motifs is 1. The number of aryl methyl sites for hydroxylation is 1. The maximum absolute atomic E-state index is 12.4. The van der Waals surface area contributed by atoms with Crippen LogP contribution in [0.5, 0.6) is 0 Å². The summed E-state index contributed by atoms with van der Waals surface area (Å²) in [5, 5.41) is 0.705. The highest BCUT2D eigenvalue weighted by Gasteiger charge is 2.17. The maximum atomic E-state index is 12.4. The Morgan fingerprint density at radius 3 is 2.75 bits per heavy atom. The largest absolute Gasteiger partial charge is 0.422 e. The molecule has 0 amide bonds. The van der Waals surface area contributed by atoms with Gasteiger partial charge in [-0.1, -0.05) is 15.9 Å². The molecule has 0 saturated heterocycles. The number of hydrogen-bond acceptors (Lipinski definition) is 3. The van der Waals surface area contributed by atoms with Crippen molar-refractivity contribution in [3.05, 3.63) is 68.7 Å². The van der Waals surface area contributed by atoms with Crippen molar-refractivity contribution >= 4 is 32.7 Å². The monoisotopic (exact) mass is 331 g/mol. The first-order valence-electron chi connectivity index (χ1n) is 5.96. The predicted molar refractivity (Wildman–Crippen MR) is 79.0 cm³/mol. The minimum absolute atomic E-state index is 0.0393. The minimum Gasteiger partial charge on any atom is -0.422 e. The van der Waals surface area contributed by atoms with Gasteiger partial charge in [0.25, 0.3) is 0 Å². The van der Waals surface area contributed by atoms with Gasteiger partial charge in [-0.05, 0) is 36.4 Å². The molecule has 2 aromatic heterocycles. The molecule has 0 radical (unpaired) electrons. The number of halogens is 1. The fourth-order valence-electron chi connectivity index (χ4n) is 2.09. The third-order valence-electron chi connectivity index (χ3n) is 3.12. The maximum Gasteiger partial charge on any atom is 0.347 e. The van der Waals surface area contributed by atoms with Crippen LogP contribution in [0.2, 0.25) is 0 Å². The molecular formula is C15H10BrNO3. The van der Waals surface area contributed by atoms with Crippen molar-refractivity contribution in [2.75, 3.05) is 0 Å². The molecular weight excluding hydrogens is 322 g/mol. The molecule has 0 bridgehead atoms. The SMILES string of the molecule is Cn1cccc1C(=O)c1cc2cc(Br)ccc2oc1=O. The van der Waals surface area contributed by atoms with E-state index in [9.17, 15) is 9.59 Å². The van der Waals surface area contributed by atoms with Crippen LogP contribution in [0.3, 0.4) is 0 Å². The van der Waals surface area contributed by atoms with Gasteiger partial charge in [-0.2, -0.15) is 0 Å². The third kappa shape index (κ3) is 2.10. The second-order valence-corrected chi connectivity index (χ2v) is 5.38. The van der Waals surface area contributed by atoms with E-state index in [1.807, 2.05) is 0 Å². The summed E-state index contributed by atoms with van der Waals surface area (Å²) in [7, 11) is 1.76. The topological polar surface area (TPSA) is 52.2 Å². The molecule has 20 heavy (non-hydrogen) atoms. The lowest BCUT2D eigenvalue weighted by molar-refractivity contribution is 0.102. The first-order valence-corrected chi connectivity index (χ1v) is 6.75. The van der Waals surface area contributed by atoms with E-state index in [-0.39, 0.29) is 11.3 Å². The standard InChI is InChI=1S/C15H10BrNO3/c1-17-6-2-3-12(17)14(18)11-8-9-7-10(16)4-5-13(9)20-15(11)19/h2-8H,1H3. The summed E-state index contributed by atoms with van der Waals surface area (Å²) in [6.45, 7) is 0. The van der Waals surface area contributed by atoms with E-state index < -0.39 is 5.63 Å². The number of hydrogen-bond donors (Lipinski definition) is 0. The van der Waals surface area contributed by atoms with E-state index in [0.29, 0.717) is 16.7 Å². The third-order valence-corrected chi connectivity index (χ3v) is 3.61. The normalized spacial score (nSPS) is 10.9. The number of aromatic nitrogens is 1. The Labute approximate surface area is 122 Å². The number of benzene rings is 1. The lowest BCUT2D eigenvalue weighted by Crippen LogP contribution is -2.16. The predicted octanol–water partition coefficient (Wildman–Crippen LogP) is 3.13. The van der Waals surface area contributed by atoms with E-state index in [4.69, 9.17) is 4.42 Å². The summed E-state index contributed by atoms with van der Waals surface area (Å²) in [6, 6.07) is 10.3. The van der Waals surface area contributed by atoms with E-state index in [0.717, 1.165) is 4.47 Å². The van der Waals surface area contributed by atoms with Crippen molar-refractivity contribution in [3.63, 3.8) is 0 Å². The van der Waals surface area contributed by atoms with Crippen molar-refractivity contribution in [1.29, 1.82) is 0 Å². The van der Waals surface area contributed by atoms with Crippen LogP contribution in [-0.4, -0.2) is 10.4 Å². The van der Waals surface area contributed by atoms with Gasteiger partial charge in [-0.25, -0.2) is 4.79 Å². The molecule has 0 fully saturated rings. The average molecular weight is 332 g/mol. The summed E-state index contributed by atoms with van der Waals surface area (Å²) >= 11 is 3.35. The molecule has 3 aromatic rings. The number of rotatable bonds is 2. The van der Waals surface area contributed by atoms with Crippen molar-refractivity contribution in [2.45, 2.75) is 0 Å². The fraction of sp³-hybridized carbons (Fsp3) is 0.0667. The van der Waals surface area contributed by atoms with Gasteiger partial charge in [0.2, 0.25) is 5.78 Å². The van der Waals surface area contributed by atoms with Gasteiger partial charge < -0.3 is 8.98 Å². The Hall–Kier alpha value is -2.14. The van der Waals surface area contributed by atoms with E-state index in [2.05, 4.69) is 15.9 Å². The second kappa shape index (κ2) is 4.76. The molecule has 3 rings (SSSR count). The molecule has 0 aliphatic heterocycles. The summed E-state index contributed by atoms with van der Waals surface area (Å²) in [4.78, 5) is 24.3. The van der Waals surface area contributed by atoms with Crippen molar-refractivity contribution in [2.24, 2.45) is 7.05 Å². The number of ketones is 1. The molecule has 0 unspecified atom stereocenters. The highest BCUT2D eigenvalue weighted by molar-refractivity contribution is 9.10. The van der Waals surface area contributed by atoms with Crippen LogP contribution in [0.1, 0.15) is 16.1 Å². The van der Waals surface area contributed by atoms with Crippen LogP contribution in [0.4, 0.5) is 0 Å². The van der Waals surface area contributed by atoms with Crippen LogP contribution >= 0.6 is 15.9 Å². The summed E-state index contributed by atoms with van der Waals surface area (Å²) in [5.41, 5.74) is 0.330. The zero-order valence-electron chi connectivity index (χ0n) is 10.6. The van der Waals surface area contributed by atoms with Crippen LogP contribution in [0.25, 0.3) is 11.0 Å². The van der Waals surface area contributed by atoms with Gasteiger partial charge in [-0.3, -0.25) is 4.79 Å². The molecule has 2 heterocycles.